The summed E-state index contributed by atoms with van der Waals surface area (Å²) >= 11 is 3.37. The summed E-state index contributed by atoms with van der Waals surface area (Å²) in [5.41, 5.74) is 0.768. The van der Waals surface area contributed by atoms with Crippen LogP contribution in [0.25, 0.3) is 0 Å². The van der Waals surface area contributed by atoms with Crippen LogP contribution >= 0.6 is 15.9 Å². The van der Waals surface area contributed by atoms with Crippen molar-refractivity contribution in [3.63, 3.8) is 0 Å². The van der Waals surface area contributed by atoms with E-state index in [1.165, 1.54) is 7.11 Å². The second kappa shape index (κ2) is 7.40. The number of hydrogen-bond acceptors (Lipinski definition) is 4. The van der Waals surface area contributed by atoms with Gasteiger partial charge in [0.25, 0.3) is 0 Å². The highest BCUT2D eigenvalue weighted by Crippen LogP contribution is 2.27. The van der Waals surface area contributed by atoms with Gasteiger partial charge in [-0.15, -0.1) is 0 Å². The number of halogens is 1. The van der Waals surface area contributed by atoms with E-state index in [1.54, 1.807) is 4.90 Å². The number of esters is 1. The molecule has 1 fully saturated rings. The Morgan fingerprint density at radius 2 is 2.23 bits per heavy atom. The Balaban J connectivity index is 1.91. The quantitative estimate of drug-likeness (QED) is 0.798. The van der Waals surface area contributed by atoms with Gasteiger partial charge in [-0.3, -0.25) is 14.4 Å². The molecule has 0 radical (unpaired) electrons. The van der Waals surface area contributed by atoms with Gasteiger partial charge in [0.2, 0.25) is 11.8 Å². The third-order valence-corrected chi connectivity index (χ3v) is 3.96. The zero-order valence-corrected chi connectivity index (χ0v) is 13.8. The lowest BCUT2D eigenvalue weighted by Gasteiger charge is -2.17. The summed E-state index contributed by atoms with van der Waals surface area (Å²) in [6, 6.07) is 7.40. The number of ether oxygens (including phenoxy) is 1. The van der Waals surface area contributed by atoms with E-state index < -0.39 is 5.92 Å². The lowest BCUT2D eigenvalue weighted by atomic mass is 10.1. The molecule has 118 valence electrons. The molecule has 6 nitrogen and oxygen atoms in total. The monoisotopic (exact) mass is 368 g/mol. The van der Waals surface area contributed by atoms with Crippen molar-refractivity contribution < 1.29 is 19.1 Å². The van der Waals surface area contributed by atoms with Crippen LogP contribution < -0.4 is 10.2 Å². The van der Waals surface area contributed by atoms with Crippen molar-refractivity contribution in [2.75, 3.05) is 25.1 Å². The molecule has 1 aliphatic rings. The smallest absolute Gasteiger partial charge is 0.307 e. The number of carbonyl (C=O) groups excluding carboxylic acids is 3. The molecule has 0 saturated carbocycles. The van der Waals surface area contributed by atoms with Crippen molar-refractivity contribution >= 4 is 39.4 Å². The summed E-state index contributed by atoms with van der Waals surface area (Å²) in [7, 11) is 1.30. The Morgan fingerprint density at radius 1 is 1.45 bits per heavy atom. The van der Waals surface area contributed by atoms with Gasteiger partial charge in [-0.2, -0.15) is 0 Å². The average Bonchev–Trinajstić information content (AvgIpc) is 2.89. The minimum absolute atomic E-state index is 0.0776. The zero-order chi connectivity index (χ0) is 16.1. The Hall–Kier alpha value is -1.89. The van der Waals surface area contributed by atoms with E-state index in [4.69, 9.17) is 0 Å². The standard InChI is InChI=1S/C15H17BrN2O4/c1-22-14(20)5-6-17-15(21)10-7-13(19)18(9-10)12-4-2-3-11(16)8-12/h2-4,8,10H,5-7,9H2,1H3,(H,17,21). The topological polar surface area (TPSA) is 75.7 Å². The van der Waals surface area contributed by atoms with E-state index in [9.17, 15) is 14.4 Å². The highest BCUT2D eigenvalue weighted by atomic mass is 79.9. The van der Waals surface area contributed by atoms with Gasteiger partial charge < -0.3 is 15.0 Å². The number of anilines is 1. The summed E-state index contributed by atoms with van der Waals surface area (Å²) in [6.45, 7) is 0.562. The van der Waals surface area contributed by atoms with Gasteiger partial charge in [-0.25, -0.2) is 0 Å². The number of nitrogens with one attached hydrogen (secondary N) is 1. The Morgan fingerprint density at radius 3 is 2.91 bits per heavy atom. The fourth-order valence-corrected chi connectivity index (χ4v) is 2.70. The molecule has 2 rings (SSSR count). The summed E-state index contributed by atoms with van der Waals surface area (Å²) in [5.74, 6) is -1.07. The van der Waals surface area contributed by atoms with E-state index in [2.05, 4.69) is 26.0 Å². The van der Waals surface area contributed by atoms with Crippen molar-refractivity contribution in [1.82, 2.24) is 5.32 Å². The SMILES string of the molecule is COC(=O)CCNC(=O)C1CC(=O)N(c2cccc(Br)c2)C1. The van der Waals surface area contributed by atoms with Crippen molar-refractivity contribution in [1.29, 1.82) is 0 Å². The molecule has 7 heteroatoms. The fourth-order valence-electron chi connectivity index (χ4n) is 2.31. The molecule has 1 saturated heterocycles. The number of nitrogens with zero attached hydrogens (tertiary/aromatic N) is 1. The van der Waals surface area contributed by atoms with E-state index in [0.717, 1.165) is 10.2 Å². The minimum atomic E-state index is -0.399. The predicted octanol–water partition coefficient (Wildman–Crippen LogP) is 1.48. The van der Waals surface area contributed by atoms with Gasteiger partial charge in [0.15, 0.2) is 0 Å². The largest absolute Gasteiger partial charge is 0.469 e. The number of benzene rings is 1. The van der Waals surface area contributed by atoms with E-state index in [-0.39, 0.29) is 37.2 Å². The molecule has 22 heavy (non-hydrogen) atoms. The second-order valence-corrected chi connectivity index (χ2v) is 5.92. The molecule has 0 bridgehead atoms. The predicted molar refractivity (Wildman–Crippen MR) is 84.2 cm³/mol. The second-order valence-electron chi connectivity index (χ2n) is 5.00. The van der Waals surface area contributed by atoms with Crippen LogP contribution in [0, 0.1) is 5.92 Å². The molecular weight excluding hydrogens is 352 g/mol. The number of methoxy groups -OCH3 is 1. The summed E-state index contributed by atoms with van der Waals surface area (Å²) in [4.78, 5) is 36.7. The van der Waals surface area contributed by atoms with E-state index in [0.29, 0.717) is 6.54 Å². The van der Waals surface area contributed by atoms with Crippen LogP contribution in [-0.2, 0) is 19.1 Å². The third-order valence-electron chi connectivity index (χ3n) is 3.47. The lowest BCUT2D eigenvalue weighted by Crippen LogP contribution is -2.34. The zero-order valence-electron chi connectivity index (χ0n) is 12.2. The number of carbonyl (C=O) groups is 3. The molecule has 0 aliphatic carbocycles. The molecular formula is C15H17BrN2O4. The van der Waals surface area contributed by atoms with Crippen LogP contribution in [0.15, 0.2) is 28.7 Å². The normalized spacial score (nSPS) is 17.5. The number of amides is 2. The molecule has 2 amide bonds. The first-order valence-electron chi connectivity index (χ1n) is 6.91. The Kier molecular flexibility index (Phi) is 5.54. The Bertz CT molecular complexity index is 591. The first kappa shape index (κ1) is 16.5. The maximum atomic E-state index is 12.1. The molecule has 1 aromatic carbocycles. The van der Waals surface area contributed by atoms with Crippen molar-refractivity contribution in [3.8, 4) is 0 Å². The van der Waals surface area contributed by atoms with Crippen molar-refractivity contribution in [2.24, 2.45) is 5.92 Å². The van der Waals surface area contributed by atoms with Crippen molar-refractivity contribution in [2.45, 2.75) is 12.8 Å². The lowest BCUT2D eigenvalue weighted by molar-refractivity contribution is -0.140. The average molecular weight is 369 g/mol. The van der Waals surface area contributed by atoms with E-state index >= 15 is 0 Å². The van der Waals surface area contributed by atoms with Crippen LogP contribution in [0.4, 0.5) is 5.69 Å². The molecule has 0 aromatic heterocycles. The molecule has 1 unspecified atom stereocenters. The van der Waals surface area contributed by atoms with Crippen LogP contribution in [0.1, 0.15) is 12.8 Å². The first-order chi connectivity index (χ1) is 10.5. The van der Waals surface area contributed by atoms with Crippen LogP contribution in [0.5, 0.6) is 0 Å². The molecule has 1 heterocycles. The maximum Gasteiger partial charge on any atom is 0.307 e. The molecule has 1 aliphatic heterocycles. The summed E-state index contributed by atoms with van der Waals surface area (Å²) in [5, 5.41) is 2.67. The number of hydrogen-bond donors (Lipinski definition) is 1. The van der Waals surface area contributed by atoms with E-state index in [1.807, 2.05) is 24.3 Å². The van der Waals surface area contributed by atoms with Gasteiger partial charge in [0.05, 0.1) is 19.4 Å². The van der Waals surface area contributed by atoms with Crippen LogP contribution in [0.2, 0.25) is 0 Å². The minimum Gasteiger partial charge on any atom is -0.469 e. The first-order valence-corrected chi connectivity index (χ1v) is 7.71. The summed E-state index contributed by atoms with van der Waals surface area (Å²) < 4.78 is 5.38. The molecule has 1 aromatic rings. The van der Waals surface area contributed by atoms with Gasteiger partial charge in [0, 0.05) is 29.7 Å². The van der Waals surface area contributed by atoms with Gasteiger partial charge in [-0.05, 0) is 18.2 Å². The highest BCUT2D eigenvalue weighted by Gasteiger charge is 2.35. The third kappa shape index (κ3) is 4.07. The van der Waals surface area contributed by atoms with Crippen LogP contribution in [0.3, 0.4) is 0 Å². The molecule has 0 spiro atoms. The van der Waals surface area contributed by atoms with Crippen LogP contribution in [-0.4, -0.2) is 38.0 Å². The maximum absolute atomic E-state index is 12.1. The number of rotatable bonds is 5. The fraction of sp³-hybridized carbons (Fsp3) is 0.400. The molecule has 1 N–H and O–H groups in total. The summed E-state index contributed by atoms with van der Waals surface area (Å²) in [6.07, 6.45) is 0.300. The molecule has 1 atom stereocenters. The van der Waals surface area contributed by atoms with Gasteiger partial charge in [0.1, 0.15) is 0 Å². The van der Waals surface area contributed by atoms with Gasteiger partial charge in [-0.1, -0.05) is 22.0 Å². The Labute approximate surface area is 136 Å². The van der Waals surface area contributed by atoms with Crippen molar-refractivity contribution in [3.05, 3.63) is 28.7 Å². The van der Waals surface area contributed by atoms with Gasteiger partial charge >= 0.3 is 5.97 Å². The highest BCUT2D eigenvalue weighted by molar-refractivity contribution is 9.10.